The number of hydrogen-bond acceptors (Lipinski definition) is 5. The van der Waals surface area contributed by atoms with Crippen molar-refractivity contribution < 1.29 is 9.59 Å². The van der Waals surface area contributed by atoms with Crippen LogP contribution in [0, 0.1) is 13.8 Å². The largest absolute Gasteiger partial charge is 0.300 e. The van der Waals surface area contributed by atoms with E-state index in [1.807, 2.05) is 36.7 Å². The van der Waals surface area contributed by atoms with Crippen LogP contribution in [0.3, 0.4) is 0 Å². The molecule has 0 bridgehead atoms. The Labute approximate surface area is 136 Å². The third-order valence-electron chi connectivity index (χ3n) is 2.72. The molecule has 0 aromatic carbocycles. The molecular formula is C17H20N2O2S. The molecule has 0 aliphatic heterocycles. The van der Waals surface area contributed by atoms with Crippen LogP contribution in [0.2, 0.25) is 0 Å². The predicted octanol–water partition coefficient (Wildman–Crippen LogP) is 3.22. The quantitative estimate of drug-likeness (QED) is 0.695. The Kier molecular flexibility index (Phi) is 7.46. The molecule has 0 N–H and O–H groups in total. The number of thiol groups is 1. The fourth-order valence-corrected chi connectivity index (χ4v) is 1.80. The number of Topliss-reactive ketones (excluding diaryl/α,β-unsaturated/α-hetero) is 2. The first-order valence-electron chi connectivity index (χ1n) is 6.90. The minimum Gasteiger partial charge on any atom is -0.300 e. The summed E-state index contributed by atoms with van der Waals surface area (Å²) in [4.78, 5) is 29.1. The van der Waals surface area contributed by atoms with Crippen molar-refractivity contribution >= 4 is 24.2 Å². The van der Waals surface area contributed by atoms with Gasteiger partial charge in [-0.3, -0.25) is 19.6 Å². The third kappa shape index (κ3) is 6.63. The SMILES string of the molecule is CC(=O)CC(=O)CS.Cc1ccnc(-c2cc(C)ccn2)c1. The highest BCUT2D eigenvalue weighted by atomic mass is 32.1. The zero-order chi connectivity index (χ0) is 16.5. The molecule has 5 heteroatoms. The smallest absolute Gasteiger partial charge is 0.149 e. The van der Waals surface area contributed by atoms with Crippen molar-refractivity contribution in [3.63, 3.8) is 0 Å². The van der Waals surface area contributed by atoms with Crippen LogP contribution in [-0.2, 0) is 9.59 Å². The van der Waals surface area contributed by atoms with E-state index in [0.29, 0.717) is 0 Å². The van der Waals surface area contributed by atoms with Crippen LogP contribution >= 0.6 is 12.6 Å². The molecule has 2 rings (SSSR count). The van der Waals surface area contributed by atoms with Gasteiger partial charge in [0.25, 0.3) is 0 Å². The first-order chi connectivity index (χ1) is 10.4. The van der Waals surface area contributed by atoms with Gasteiger partial charge in [-0.05, 0) is 56.2 Å². The summed E-state index contributed by atoms with van der Waals surface area (Å²) in [5.74, 6) is -0.0376. The van der Waals surface area contributed by atoms with Crippen molar-refractivity contribution in [1.29, 1.82) is 0 Å². The Morgan fingerprint density at radius 3 is 1.73 bits per heavy atom. The molecule has 116 valence electrons. The van der Waals surface area contributed by atoms with Crippen molar-refractivity contribution in [1.82, 2.24) is 9.97 Å². The van der Waals surface area contributed by atoms with Gasteiger partial charge in [0.1, 0.15) is 11.6 Å². The van der Waals surface area contributed by atoms with Crippen LogP contribution in [0.1, 0.15) is 24.5 Å². The maximum absolute atomic E-state index is 10.3. The van der Waals surface area contributed by atoms with Crippen LogP contribution in [0.5, 0.6) is 0 Å². The zero-order valence-electron chi connectivity index (χ0n) is 13.0. The predicted molar refractivity (Wildman–Crippen MR) is 91.1 cm³/mol. The second-order valence-corrected chi connectivity index (χ2v) is 5.33. The van der Waals surface area contributed by atoms with Gasteiger partial charge in [0.2, 0.25) is 0 Å². The number of pyridine rings is 2. The minimum atomic E-state index is -0.110. The molecule has 0 fully saturated rings. The Morgan fingerprint density at radius 1 is 1.00 bits per heavy atom. The summed E-state index contributed by atoms with van der Waals surface area (Å²) in [5, 5.41) is 0. The number of aromatic nitrogens is 2. The standard InChI is InChI=1S/C12H12N2.C5H8O2S/c1-9-3-5-13-11(7-9)12-8-10(2)4-6-14-12;1-4(6)2-5(7)3-8/h3-8H,1-2H3;8H,2-3H2,1H3. The van der Waals surface area contributed by atoms with Gasteiger partial charge in [0, 0.05) is 18.1 Å². The molecule has 2 aromatic rings. The second-order valence-electron chi connectivity index (χ2n) is 5.01. The van der Waals surface area contributed by atoms with E-state index in [1.165, 1.54) is 18.1 Å². The Balaban J connectivity index is 0.000000261. The van der Waals surface area contributed by atoms with E-state index in [-0.39, 0.29) is 23.7 Å². The molecule has 0 saturated heterocycles. The molecular weight excluding hydrogens is 296 g/mol. The van der Waals surface area contributed by atoms with Crippen molar-refractivity contribution in [2.24, 2.45) is 0 Å². The van der Waals surface area contributed by atoms with Gasteiger partial charge < -0.3 is 0 Å². The van der Waals surface area contributed by atoms with E-state index in [2.05, 4.69) is 36.4 Å². The highest BCUT2D eigenvalue weighted by Crippen LogP contribution is 2.15. The lowest BCUT2D eigenvalue weighted by atomic mass is 10.1. The van der Waals surface area contributed by atoms with Crippen molar-refractivity contribution in [2.75, 3.05) is 5.75 Å². The molecule has 0 atom stereocenters. The summed E-state index contributed by atoms with van der Waals surface area (Å²) < 4.78 is 0. The van der Waals surface area contributed by atoms with E-state index in [4.69, 9.17) is 0 Å². The maximum atomic E-state index is 10.3. The number of ketones is 2. The summed E-state index contributed by atoms with van der Waals surface area (Å²) in [7, 11) is 0. The van der Waals surface area contributed by atoms with Crippen molar-refractivity contribution in [2.45, 2.75) is 27.2 Å². The van der Waals surface area contributed by atoms with Gasteiger partial charge in [0.15, 0.2) is 0 Å². The fourth-order valence-electron chi connectivity index (χ4n) is 1.69. The number of rotatable bonds is 4. The normalized spacial score (nSPS) is 9.64. The Bertz CT molecular complexity index is 613. The third-order valence-corrected chi connectivity index (χ3v) is 3.07. The van der Waals surface area contributed by atoms with Crippen LogP contribution in [0.15, 0.2) is 36.7 Å². The summed E-state index contributed by atoms with van der Waals surface area (Å²) in [5.41, 5.74) is 4.29. The van der Waals surface area contributed by atoms with Crippen LogP contribution in [0.25, 0.3) is 11.4 Å². The first kappa shape index (κ1) is 18.0. The van der Waals surface area contributed by atoms with Crippen molar-refractivity contribution in [3.05, 3.63) is 47.8 Å². The van der Waals surface area contributed by atoms with Crippen LogP contribution in [0.4, 0.5) is 0 Å². The summed E-state index contributed by atoms with van der Waals surface area (Å²) >= 11 is 3.69. The highest BCUT2D eigenvalue weighted by molar-refractivity contribution is 7.81. The monoisotopic (exact) mass is 316 g/mol. The van der Waals surface area contributed by atoms with E-state index < -0.39 is 0 Å². The molecule has 0 saturated carbocycles. The highest BCUT2D eigenvalue weighted by Gasteiger charge is 2.01. The lowest BCUT2D eigenvalue weighted by Gasteiger charge is -2.01. The molecule has 0 aliphatic rings. The Hall–Kier alpha value is -2.01. The van der Waals surface area contributed by atoms with Crippen molar-refractivity contribution in [3.8, 4) is 11.4 Å². The van der Waals surface area contributed by atoms with Gasteiger partial charge in [-0.25, -0.2) is 0 Å². The molecule has 0 unspecified atom stereocenters. The molecule has 0 amide bonds. The summed E-state index contributed by atoms with van der Waals surface area (Å²) in [6.45, 7) is 5.50. The zero-order valence-corrected chi connectivity index (χ0v) is 13.9. The number of carbonyl (C=O) groups is 2. The summed E-state index contributed by atoms with van der Waals surface area (Å²) in [6.07, 6.45) is 3.66. The Morgan fingerprint density at radius 2 is 1.45 bits per heavy atom. The van der Waals surface area contributed by atoms with Gasteiger partial charge in [-0.1, -0.05) is 0 Å². The van der Waals surface area contributed by atoms with Crippen LogP contribution in [-0.4, -0.2) is 27.3 Å². The van der Waals surface area contributed by atoms with Crippen LogP contribution < -0.4 is 0 Å². The average Bonchev–Trinajstić information content (AvgIpc) is 2.47. The van der Waals surface area contributed by atoms with Gasteiger partial charge in [-0.2, -0.15) is 12.6 Å². The van der Waals surface area contributed by atoms with E-state index in [0.717, 1.165) is 11.4 Å². The topological polar surface area (TPSA) is 59.9 Å². The molecule has 22 heavy (non-hydrogen) atoms. The molecule has 2 heterocycles. The molecule has 0 aliphatic carbocycles. The minimum absolute atomic E-state index is 0.0312. The number of nitrogens with zero attached hydrogens (tertiary/aromatic N) is 2. The molecule has 4 nitrogen and oxygen atoms in total. The van der Waals surface area contributed by atoms with Gasteiger partial charge in [0.05, 0.1) is 17.8 Å². The molecule has 2 aromatic heterocycles. The van der Waals surface area contributed by atoms with E-state index >= 15 is 0 Å². The fraction of sp³-hybridized carbons (Fsp3) is 0.294. The average molecular weight is 316 g/mol. The van der Waals surface area contributed by atoms with E-state index in [1.54, 1.807) is 0 Å². The van der Waals surface area contributed by atoms with Gasteiger partial charge >= 0.3 is 0 Å². The number of hydrogen-bond donors (Lipinski definition) is 1. The lowest BCUT2D eigenvalue weighted by Crippen LogP contribution is -2.04. The number of carbonyl (C=O) groups excluding carboxylic acids is 2. The van der Waals surface area contributed by atoms with Gasteiger partial charge in [-0.15, -0.1) is 0 Å². The molecule has 0 spiro atoms. The second kappa shape index (κ2) is 9.10. The maximum Gasteiger partial charge on any atom is 0.149 e. The summed E-state index contributed by atoms with van der Waals surface area (Å²) in [6, 6.07) is 8.06. The van der Waals surface area contributed by atoms with E-state index in [9.17, 15) is 9.59 Å². The number of aryl methyl sites for hydroxylation is 2. The molecule has 0 radical (unpaired) electrons. The first-order valence-corrected chi connectivity index (χ1v) is 7.53. The lowest BCUT2D eigenvalue weighted by molar-refractivity contribution is -0.124.